The van der Waals surface area contributed by atoms with Crippen LogP contribution in [0.1, 0.15) is 12.8 Å². The van der Waals surface area contributed by atoms with E-state index in [0.29, 0.717) is 13.1 Å². The maximum Gasteiger partial charge on any atom is 0.315 e. The van der Waals surface area contributed by atoms with Crippen molar-refractivity contribution in [2.45, 2.75) is 19.3 Å². The molecule has 1 saturated heterocycles. The zero-order valence-electron chi connectivity index (χ0n) is 5.52. The first-order chi connectivity index (χ1) is 4.72. The minimum absolute atomic E-state index is 0.503. The molecular weight excluding hydrogens is 140 g/mol. The van der Waals surface area contributed by atoms with Crippen LogP contribution in [0.3, 0.4) is 0 Å². The lowest BCUT2D eigenvalue weighted by Gasteiger charge is -2.13. The highest BCUT2D eigenvalue weighted by atomic mass is 19.3. The van der Waals surface area contributed by atoms with Crippen molar-refractivity contribution in [3.05, 3.63) is 0 Å². The van der Waals surface area contributed by atoms with Gasteiger partial charge in [0.15, 0.2) is 0 Å². The fourth-order valence-electron chi connectivity index (χ4n) is 1.08. The number of likely N-dealkylation sites (tertiary alicyclic amines) is 1. The van der Waals surface area contributed by atoms with Crippen LogP contribution in [0.25, 0.3) is 0 Å². The van der Waals surface area contributed by atoms with Gasteiger partial charge in [-0.25, -0.2) is 0 Å². The van der Waals surface area contributed by atoms with E-state index < -0.39 is 12.3 Å². The lowest BCUT2D eigenvalue weighted by atomic mass is 10.4. The fraction of sp³-hybridized carbons (Fsp3) is 0.833. The first-order valence-corrected chi connectivity index (χ1v) is 3.29. The molecule has 1 aliphatic rings. The molecule has 10 heavy (non-hydrogen) atoms. The molecule has 0 radical (unpaired) electrons. The number of hydrogen-bond acceptors (Lipinski definition) is 1. The molecule has 0 aromatic rings. The number of amides is 1. The van der Waals surface area contributed by atoms with Crippen LogP contribution in [0.5, 0.6) is 0 Å². The van der Waals surface area contributed by atoms with Crippen LogP contribution in [-0.2, 0) is 4.79 Å². The molecule has 0 spiro atoms. The number of carbonyl (C=O) groups is 1. The van der Waals surface area contributed by atoms with Gasteiger partial charge in [0.25, 0.3) is 5.91 Å². The van der Waals surface area contributed by atoms with Crippen molar-refractivity contribution >= 4 is 5.91 Å². The molecule has 0 unspecified atom stereocenters. The summed E-state index contributed by atoms with van der Waals surface area (Å²) in [6.07, 6.45) is -1.10. The van der Waals surface area contributed by atoms with Crippen molar-refractivity contribution in [2.75, 3.05) is 13.1 Å². The third-order valence-corrected chi connectivity index (χ3v) is 1.60. The Morgan fingerprint density at radius 1 is 1.30 bits per heavy atom. The van der Waals surface area contributed by atoms with Gasteiger partial charge in [-0.05, 0) is 12.8 Å². The second-order valence-corrected chi connectivity index (χ2v) is 2.33. The van der Waals surface area contributed by atoms with Gasteiger partial charge in [0.2, 0.25) is 0 Å². The van der Waals surface area contributed by atoms with Gasteiger partial charge in [0.1, 0.15) is 0 Å². The molecule has 1 heterocycles. The van der Waals surface area contributed by atoms with E-state index in [1.807, 2.05) is 0 Å². The monoisotopic (exact) mass is 149 g/mol. The number of alkyl halides is 2. The summed E-state index contributed by atoms with van der Waals surface area (Å²) < 4.78 is 23.4. The van der Waals surface area contributed by atoms with Gasteiger partial charge in [0.05, 0.1) is 0 Å². The van der Waals surface area contributed by atoms with Crippen LogP contribution >= 0.6 is 0 Å². The molecule has 0 N–H and O–H groups in total. The van der Waals surface area contributed by atoms with Gasteiger partial charge in [-0.15, -0.1) is 0 Å². The van der Waals surface area contributed by atoms with Crippen LogP contribution in [0.2, 0.25) is 0 Å². The van der Waals surface area contributed by atoms with E-state index >= 15 is 0 Å². The Kier molecular flexibility index (Phi) is 2.19. The molecule has 1 amide bonds. The molecule has 0 saturated carbocycles. The third-order valence-electron chi connectivity index (χ3n) is 1.60. The molecule has 4 heteroatoms. The number of halogens is 2. The smallest absolute Gasteiger partial charge is 0.315 e. The lowest BCUT2D eigenvalue weighted by Crippen LogP contribution is -2.32. The molecule has 1 aliphatic heterocycles. The first kappa shape index (κ1) is 7.44. The van der Waals surface area contributed by atoms with Crippen LogP contribution in [0, 0.1) is 0 Å². The van der Waals surface area contributed by atoms with E-state index in [1.165, 1.54) is 4.90 Å². The van der Waals surface area contributed by atoms with Gasteiger partial charge in [-0.3, -0.25) is 4.79 Å². The number of rotatable bonds is 1. The minimum atomic E-state index is -2.82. The summed E-state index contributed by atoms with van der Waals surface area (Å²) >= 11 is 0. The second kappa shape index (κ2) is 2.94. The average Bonchev–Trinajstić information content (AvgIpc) is 2.36. The highest BCUT2D eigenvalue weighted by molar-refractivity contribution is 5.79. The van der Waals surface area contributed by atoms with Gasteiger partial charge >= 0.3 is 6.43 Å². The Bertz CT molecular complexity index is 132. The van der Waals surface area contributed by atoms with Crippen molar-refractivity contribution in [2.24, 2.45) is 0 Å². The SMILES string of the molecule is O=C(C(F)F)N1CCCC1. The summed E-state index contributed by atoms with van der Waals surface area (Å²) in [6.45, 7) is 1.01. The van der Waals surface area contributed by atoms with Crippen LogP contribution < -0.4 is 0 Å². The predicted octanol–water partition coefficient (Wildman–Crippen LogP) is 0.874. The predicted molar refractivity (Wildman–Crippen MR) is 31.8 cm³/mol. The van der Waals surface area contributed by atoms with Crippen molar-refractivity contribution in [1.82, 2.24) is 4.90 Å². The van der Waals surface area contributed by atoms with E-state index in [9.17, 15) is 13.6 Å². The minimum Gasteiger partial charge on any atom is -0.338 e. The normalized spacial score (nSPS) is 18.5. The molecule has 0 aliphatic carbocycles. The van der Waals surface area contributed by atoms with Gasteiger partial charge in [-0.2, -0.15) is 8.78 Å². The third kappa shape index (κ3) is 1.43. The van der Waals surface area contributed by atoms with E-state index in [4.69, 9.17) is 0 Å². The van der Waals surface area contributed by atoms with Crippen molar-refractivity contribution in [3.8, 4) is 0 Å². The van der Waals surface area contributed by atoms with Crippen LogP contribution in [-0.4, -0.2) is 30.3 Å². The Balaban J connectivity index is 2.40. The molecule has 1 rings (SSSR count). The Morgan fingerprint density at radius 2 is 1.80 bits per heavy atom. The van der Waals surface area contributed by atoms with Crippen LogP contribution in [0.4, 0.5) is 8.78 Å². The van der Waals surface area contributed by atoms with Crippen molar-refractivity contribution < 1.29 is 13.6 Å². The average molecular weight is 149 g/mol. The topological polar surface area (TPSA) is 20.3 Å². The summed E-state index contributed by atoms with van der Waals surface area (Å²) in [4.78, 5) is 11.7. The summed E-state index contributed by atoms with van der Waals surface area (Å²) in [5.41, 5.74) is 0. The number of carbonyl (C=O) groups excluding carboxylic acids is 1. The summed E-state index contributed by atoms with van der Waals surface area (Å²) in [6, 6.07) is 0. The second-order valence-electron chi connectivity index (χ2n) is 2.33. The van der Waals surface area contributed by atoms with E-state index in [-0.39, 0.29) is 0 Å². The molecular formula is C6H9F2NO. The quantitative estimate of drug-likeness (QED) is 0.541. The van der Waals surface area contributed by atoms with E-state index in [2.05, 4.69) is 0 Å². The van der Waals surface area contributed by atoms with Crippen LogP contribution in [0.15, 0.2) is 0 Å². The molecule has 1 fully saturated rings. The van der Waals surface area contributed by atoms with E-state index in [0.717, 1.165) is 12.8 Å². The fourth-order valence-corrected chi connectivity index (χ4v) is 1.08. The Labute approximate surface area is 57.8 Å². The Hall–Kier alpha value is -0.670. The molecule has 0 aromatic carbocycles. The molecule has 0 bridgehead atoms. The summed E-state index contributed by atoms with van der Waals surface area (Å²) in [5.74, 6) is -1.02. The molecule has 2 nitrogen and oxygen atoms in total. The first-order valence-electron chi connectivity index (χ1n) is 3.29. The highest BCUT2D eigenvalue weighted by Crippen LogP contribution is 2.10. The lowest BCUT2D eigenvalue weighted by molar-refractivity contribution is -0.141. The van der Waals surface area contributed by atoms with Gasteiger partial charge in [0, 0.05) is 13.1 Å². The van der Waals surface area contributed by atoms with Gasteiger partial charge in [-0.1, -0.05) is 0 Å². The molecule has 0 aromatic heterocycles. The molecule has 0 atom stereocenters. The van der Waals surface area contributed by atoms with Crippen molar-refractivity contribution in [1.29, 1.82) is 0 Å². The zero-order chi connectivity index (χ0) is 7.56. The standard InChI is InChI=1S/C6H9F2NO/c7-5(8)6(10)9-3-1-2-4-9/h5H,1-4H2. The number of hydrogen-bond donors (Lipinski definition) is 0. The Morgan fingerprint density at radius 3 is 2.20 bits per heavy atom. The summed E-state index contributed by atoms with van der Waals surface area (Å²) in [5, 5.41) is 0. The molecule has 58 valence electrons. The maximum absolute atomic E-state index is 11.7. The number of nitrogens with zero attached hydrogens (tertiary/aromatic N) is 1. The highest BCUT2D eigenvalue weighted by Gasteiger charge is 2.25. The largest absolute Gasteiger partial charge is 0.338 e. The van der Waals surface area contributed by atoms with E-state index in [1.54, 1.807) is 0 Å². The zero-order valence-corrected chi connectivity index (χ0v) is 5.52. The summed E-state index contributed by atoms with van der Waals surface area (Å²) in [7, 11) is 0. The maximum atomic E-state index is 11.7. The van der Waals surface area contributed by atoms with Gasteiger partial charge < -0.3 is 4.90 Å². The van der Waals surface area contributed by atoms with Crippen molar-refractivity contribution in [3.63, 3.8) is 0 Å².